The van der Waals surface area contributed by atoms with Gasteiger partial charge in [-0.15, -0.1) is 0 Å². The van der Waals surface area contributed by atoms with Gasteiger partial charge in [0.05, 0.1) is 0 Å². The van der Waals surface area contributed by atoms with Crippen molar-refractivity contribution in [2.45, 2.75) is 51.9 Å². The summed E-state index contributed by atoms with van der Waals surface area (Å²) in [6.45, 7) is 8.38. The zero-order chi connectivity index (χ0) is 13.9. The molecule has 1 heterocycles. The third-order valence-corrected chi connectivity index (χ3v) is 3.87. The first-order chi connectivity index (χ1) is 8.98. The van der Waals surface area contributed by atoms with E-state index in [1.807, 2.05) is 17.0 Å². The first-order valence-electron chi connectivity index (χ1n) is 7.38. The largest absolute Gasteiger partial charge is 0.339 e. The van der Waals surface area contributed by atoms with Crippen molar-refractivity contribution in [3.63, 3.8) is 0 Å². The summed E-state index contributed by atoms with van der Waals surface area (Å²) in [6.07, 6.45) is 4.80. The smallest absolute Gasteiger partial charge is 0.253 e. The first kappa shape index (κ1) is 14.1. The number of rotatable bonds is 1. The molecule has 1 aromatic rings. The van der Waals surface area contributed by atoms with Gasteiger partial charge in [-0.2, -0.15) is 0 Å². The molecule has 1 saturated heterocycles. The number of hydrogen-bond acceptors (Lipinski definition) is 1. The lowest BCUT2D eigenvalue weighted by atomic mass is 9.86. The fourth-order valence-corrected chi connectivity index (χ4v) is 2.58. The van der Waals surface area contributed by atoms with E-state index in [1.54, 1.807) is 0 Å². The quantitative estimate of drug-likeness (QED) is 0.746. The van der Waals surface area contributed by atoms with Gasteiger partial charge < -0.3 is 4.90 Å². The standard InChI is InChI=1S/C17H25NO/c1-17(2,3)15-10-8-9-14(13-15)16(19)18-11-6-4-5-7-12-18/h8-10,13H,4-7,11-12H2,1-3H3. The predicted molar refractivity (Wildman–Crippen MR) is 79.5 cm³/mol. The highest BCUT2D eigenvalue weighted by Gasteiger charge is 2.19. The van der Waals surface area contributed by atoms with Crippen LogP contribution in [0.3, 0.4) is 0 Å². The zero-order valence-corrected chi connectivity index (χ0v) is 12.4. The van der Waals surface area contributed by atoms with E-state index in [4.69, 9.17) is 0 Å². The van der Waals surface area contributed by atoms with Crippen molar-refractivity contribution in [1.29, 1.82) is 0 Å². The summed E-state index contributed by atoms with van der Waals surface area (Å²) in [6, 6.07) is 8.13. The number of carbonyl (C=O) groups excluding carboxylic acids is 1. The molecule has 0 radical (unpaired) electrons. The predicted octanol–water partition coefficient (Wildman–Crippen LogP) is 4.00. The minimum Gasteiger partial charge on any atom is -0.339 e. The molecule has 2 heteroatoms. The summed E-state index contributed by atoms with van der Waals surface area (Å²) in [5.74, 6) is 0.202. The van der Waals surface area contributed by atoms with Crippen LogP contribution in [0.25, 0.3) is 0 Å². The average molecular weight is 259 g/mol. The van der Waals surface area contributed by atoms with E-state index in [-0.39, 0.29) is 11.3 Å². The number of amides is 1. The van der Waals surface area contributed by atoms with Crippen LogP contribution in [0.5, 0.6) is 0 Å². The third-order valence-electron chi connectivity index (χ3n) is 3.87. The molecule has 1 fully saturated rings. The first-order valence-corrected chi connectivity index (χ1v) is 7.38. The molecule has 0 spiro atoms. The van der Waals surface area contributed by atoms with E-state index in [0.717, 1.165) is 31.5 Å². The molecule has 1 amide bonds. The highest BCUT2D eigenvalue weighted by molar-refractivity contribution is 5.94. The van der Waals surface area contributed by atoms with Crippen molar-refractivity contribution in [3.8, 4) is 0 Å². The van der Waals surface area contributed by atoms with Crippen molar-refractivity contribution in [2.24, 2.45) is 0 Å². The van der Waals surface area contributed by atoms with Gasteiger partial charge in [0, 0.05) is 18.7 Å². The monoisotopic (exact) mass is 259 g/mol. The van der Waals surface area contributed by atoms with E-state index >= 15 is 0 Å². The Morgan fingerprint density at radius 1 is 1.05 bits per heavy atom. The molecular formula is C17H25NO. The van der Waals surface area contributed by atoms with Gasteiger partial charge in [-0.1, -0.05) is 45.7 Å². The second-order valence-corrected chi connectivity index (χ2v) is 6.54. The van der Waals surface area contributed by atoms with Crippen molar-refractivity contribution < 1.29 is 4.79 Å². The molecule has 2 rings (SSSR count). The van der Waals surface area contributed by atoms with E-state index in [1.165, 1.54) is 18.4 Å². The van der Waals surface area contributed by atoms with Crippen LogP contribution in [-0.4, -0.2) is 23.9 Å². The molecule has 104 valence electrons. The summed E-state index contributed by atoms with van der Waals surface area (Å²) in [7, 11) is 0. The lowest BCUT2D eigenvalue weighted by Gasteiger charge is -2.23. The third kappa shape index (κ3) is 3.59. The summed E-state index contributed by atoms with van der Waals surface area (Å²) in [5.41, 5.74) is 2.16. The second-order valence-electron chi connectivity index (χ2n) is 6.54. The molecule has 0 aliphatic carbocycles. The van der Waals surface area contributed by atoms with E-state index in [9.17, 15) is 4.79 Å². The Hall–Kier alpha value is -1.31. The molecule has 0 N–H and O–H groups in total. The van der Waals surface area contributed by atoms with Crippen LogP contribution in [0.15, 0.2) is 24.3 Å². The topological polar surface area (TPSA) is 20.3 Å². The van der Waals surface area contributed by atoms with Crippen molar-refractivity contribution in [2.75, 3.05) is 13.1 Å². The van der Waals surface area contributed by atoms with Crippen LogP contribution in [0.2, 0.25) is 0 Å². The van der Waals surface area contributed by atoms with Gasteiger partial charge in [-0.25, -0.2) is 0 Å². The van der Waals surface area contributed by atoms with Gasteiger partial charge in [-0.3, -0.25) is 4.79 Å². The molecule has 1 aliphatic rings. The molecule has 19 heavy (non-hydrogen) atoms. The Bertz CT molecular complexity index is 437. The normalized spacial score (nSPS) is 17.1. The fraction of sp³-hybridized carbons (Fsp3) is 0.588. The van der Waals surface area contributed by atoms with Crippen LogP contribution in [0.4, 0.5) is 0 Å². The number of carbonyl (C=O) groups is 1. The van der Waals surface area contributed by atoms with Crippen molar-refractivity contribution in [3.05, 3.63) is 35.4 Å². The molecule has 2 nitrogen and oxygen atoms in total. The van der Waals surface area contributed by atoms with Gasteiger partial charge in [0.2, 0.25) is 0 Å². The number of hydrogen-bond donors (Lipinski definition) is 0. The lowest BCUT2D eigenvalue weighted by Crippen LogP contribution is -2.32. The lowest BCUT2D eigenvalue weighted by molar-refractivity contribution is 0.0761. The highest BCUT2D eigenvalue weighted by atomic mass is 16.2. The molecule has 0 atom stereocenters. The fourth-order valence-electron chi connectivity index (χ4n) is 2.58. The maximum atomic E-state index is 12.6. The minimum atomic E-state index is 0.0923. The van der Waals surface area contributed by atoms with Gasteiger partial charge in [0.1, 0.15) is 0 Å². The van der Waals surface area contributed by atoms with Crippen LogP contribution in [-0.2, 0) is 5.41 Å². The van der Waals surface area contributed by atoms with Crippen LogP contribution in [0.1, 0.15) is 62.4 Å². The maximum Gasteiger partial charge on any atom is 0.253 e. The van der Waals surface area contributed by atoms with Crippen molar-refractivity contribution in [1.82, 2.24) is 4.90 Å². The molecular weight excluding hydrogens is 234 g/mol. The second kappa shape index (κ2) is 5.77. The Labute approximate surface area is 116 Å². The SMILES string of the molecule is CC(C)(C)c1cccc(C(=O)N2CCCCCC2)c1. The molecule has 0 saturated carbocycles. The molecule has 0 unspecified atom stereocenters. The van der Waals surface area contributed by atoms with Crippen LogP contribution < -0.4 is 0 Å². The molecule has 0 aromatic heterocycles. The Morgan fingerprint density at radius 3 is 2.26 bits per heavy atom. The van der Waals surface area contributed by atoms with Gasteiger partial charge in [0.25, 0.3) is 5.91 Å². The Morgan fingerprint density at radius 2 is 1.68 bits per heavy atom. The molecule has 1 aliphatic heterocycles. The average Bonchev–Trinajstić information content (AvgIpc) is 2.66. The minimum absolute atomic E-state index is 0.0923. The number of benzene rings is 1. The molecule has 1 aromatic carbocycles. The Balaban J connectivity index is 2.18. The van der Waals surface area contributed by atoms with Gasteiger partial charge >= 0.3 is 0 Å². The van der Waals surface area contributed by atoms with Gasteiger partial charge in [0.15, 0.2) is 0 Å². The van der Waals surface area contributed by atoms with E-state index in [2.05, 4.69) is 32.9 Å². The summed E-state index contributed by atoms with van der Waals surface area (Å²) in [5, 5.41) is 0. The van der Waals surface area contributed by atoms with Crippen LogP contribution >= 0.6 is 0 Å². The highest BCUT2D eigenvalue weighted by Crippen LogP contribution is 2.23. The summed E-state index contributed by atoms with van der Waals surface area (Å²) >= 11 is 0. The molecule has 0 bridgehead atoms. The summed E-state index contributed by atoms with van der Waals surface area (Å²) in [4.78, 5) is 14.6. The summed E-state index contributed by atoms with van der Waals surface area (Å²) < 4.78 is 0. The van der Waals surface area contributed by atoms with E-state index in [0.29, 0.717) is 0 Å². The van der Waals surface area contributed by atoms with Crippen molar-refractivity contribution >= 4 is 5.91 Å². The maximum absolute atomic E-state index is 12.6. The van der Waals surface area contributed by atoms with Gasteiger partial charge in [-0.05, 0) is 36.0 Å². The van der Waals surface area contributed by atoms with Crippen LogP contribution in [0, 0.1) is 0 Å². The number of nitrogens with zero attached hydrogens (tertiary/aromatic N) is 1. The Kier molecular flexibility index (Phi) is 4.28. The number of likely N-dealkylation sites (tertiary alicyclic amines) is 1. The zero-order valence-electron chi connectivity index (χ0n) is 12.4. The van der Waals surface area contributed by atoms with E-state index < -0.39 is 0 Å².